The second-order valence-electron chi connectivity index (χ2n) is 5.91. The maximum Gasteiger partial charge on any atom is 0.269 e. The maximum atomic E-state index is 12.6. The summed E-state index contributed by atoms with van der Waals surface area (Å²) in [6, 6.07) is 12.9. The lowest BCUT2D eigenvalue weighted by molar-refractivity contribution is -0.384. The molecule has 7 heteroatoms. The van der Waals surface area contributed by atoms with Crippen LogP contribution in [0.15, 0.2) is 48.5 Å². The van der Waals surface area contributed by atoms with Crippen LogP contribution in [0.25, 0.3) is 0 Å². The van der Waals surface area contributed by atoms with E-state index >= 15 is 0 Å². The topological polar surface area (TPSA) is 81.9 Å². The zero-order chi connectivity index (χ0) is 19.3. The largest absolute Gasteiger partial charge is 0.497 e. The molecule has 0 fully saturated rings. The Labute approximate surface area is 152 Å². The van der Waals surface area contributed by atoms with Gasteiger partial charge in [-0.3, -0.25) is 14.9 Å². The third-order valence-electron chi connectivity index (χ3n) is 4.21. The number of nitro groups is 1. The van der Waals surface area contributed by atoms with Crippen LogP contribution >= 0.6 is 0 Å². The second-order valence-corrected chi connectivity index (χ2v) is 5.91. The van der Waals surface area contributed by atoms with E-state index in [2.05, 4.69) is 0 Å². The molecule has 2 aromatic rings. The maximum absolute atomic E-state index is 12.6. The molecule has 0 saturated carbocycles. The molecule has 0 spiro atoms. The normalized spacial score (nSPS) is 12.8. The Balaban J connectivity index is 2.06. The van der Waals surface area contributed by atoms with Crippen molar-refractivity contribution in [3.8, 4) is 11.5 Å². The van der Waals surface area contributed by atoms with Crippen LogP contribution in [-0.2, 0) is 4.79 Å². The minimum atomic E-state index is -0.699. The van der Waals surface area contributed by atoms with Gasteiger partial charge in [-0.25, -0.2) is 0 Å². The number of nitrogens with zero attached hydrogens (tertiary/aromatic N) is 2. The van der Waals surface area contributed by atoms with Crippen molar-refractivity contribution < 1.29 is 19.2 Å². The van der Waals surface area contributed by atoms with Crippen molar-refractivity contribution in [3.63, 3.8) is 0 Å². The predicted octanol–water partition coefficient (Wildman–Crippen LogP) is 3.59. The van der Waals surface area contributed by atoms with E-state index in [1.165, 1.54) is 17.0 Å². The van der Waals surface area contributed by atoms with E-state index < -0.39 is 11.0 Å². The molecular weight excluding hydrogens is 336 g/mol. The van der Waals surface area contributed by atoms with Crippen molar-refractivity contribution >= 4 is 11.6 Å². The highest BCUT2D eigenvalue weighted by molar-refractivity contribution is 5.81. The van der Waals surface area contributed by atoms with Crippen LogP contribution in [0, 0.1) is 10.1 Å². The van der Waals surface area contributed by atoms with Crippen molar-refractivity contribution in [1.82, 2.24) is 4.90 Å². The van der Waals surface area contributed by atoms with Crippen LogP contribution < -0.4 is 9.47 Å². The monoisotopic (exact) mass is 358 g/mol. The number of benzene rings is 2. The van der Waals surface area contributed by atoms with E-state index in [1.54, 1.807) is 57.5 Å². The number of rotatable bonds is 7. The second kappa shape index (κ2) is 8.33. The summed E-state index contributed by atoms with van der Waals surface area (Å²) in [6.45, 7) is 3.49. The molecule has 0 aromatic heterocycles. The Morgan fingerprint density at radius 2 is 1.73 bits per heavy atom. The fraction of sp³-hybridized carbons (Fsp3) is 0.316. The summed E-state index contributed by atoms with van der Waals surface area (Å²) in [7, 11) is 3.23. The van der Waals surface area contributed by atoms with Crippen LogP contribution in [-0.4, -0.2) is 36.0 Å². The molecular formula is C19H22N2O5. The Morgan fingerprint density at radius 1 is 1.12 bits per heavy atom. The predicted molar refractivity (Wildman–Crippen MR) is 97.4 cm³/mol. The quantitative estimate of drug-likeness (QED) is 0.558. The SMILES string of the molecule is COc1ccc(OC(C)C(=O)N(C)C(C)c2cccc([N+](=O)[O-])c2)cc1. The third kappa shape index (κ3) is 4.50. The molecule has 26 heavy (non-hydrogen) atoms. The van der Waals surface area contributed by atoms with Crippen molar-refractivity contribution in [1.29, 1.82) is 0 Å². The molecule has 2 rings (SSSR count). The lowest BCUT2D eigenvalue weighted by Gasteiger charge is -2.28. The van der Waals surface area contributed by atoms with Crippen LogP contribution in [0.2, 0.25) is 0 Å². The van der Waals surface area contributed by atoms with E-state index in [4.69, 9.17) is 9.47 Å². The molecule has 7 nitrogen and oxygen atoms in total. The number of hydrogen-bond donors (Lipinski definition) is 0. The highest BCUT2D eigenvalue weighted by atomic mass is 16.6. The van der Waals surface area contributed by atoms with E-state index in [0.29, 0.717) is 17.1 Å². The van der Waals surface area contributed by atoms with Gasteiger partial charge >= 0.3 is 0 Å². The number of hydrogen-bond acceptors (Lipinski definition) is 5. The van der Waals surface area contributed by atoms with Gasteiger partial charge in [0.05, 0.1) is 18.1 Å². The van der Waals surface area contributed by atoms with Gasteiger partial charge in [-0.1, -0.05) is 12.1 Å². The highest BCUT2D eigenvalue weighted by Gasteiger charge is 2.24. The summed E-state index contributed by atoms with van der Waals surface area (Å²) in [6.07, 6.45) is -0.699. The van der Waals surface area contributed by atoms with E-state index in [1.807, 2.05) is 6.92 Å². The molecule has 0 N–H and O–H groups in total. The summed E-state index contributed by atoms with van der Waals surface area (Å²) in [4.78, 5) is 24.6. The minimum Gasteiger partial charge on any atom is -0.497 e. The molecule has 138 valence electrons. The molecule has 0 aliphatic rings. The number of amides is 1. The molecule has 0 radical (unpaired) electrons. The molecule has 2 atom stereocenters. The lowest BCUT2D eigenvalue weighted by Crippen LogP contribution is -2.39. The fourth-order valence-corrected chi connectivity index (χ4v) is 2.51. The van der Waals surface area contributed by atoms with E-state index in [-0.39, 0.29) is 17.6 Å². The van der Waals surface area contributed by atoms with Gasteiger partial charge < -0.3 is 14.4 Å². The standard InChI is InChI=1S/C19H22N2O5/c1-13(15-6-5-7-16(12-15)21(23)24)20(3)19(22)14(2)26-18-10-8-17(25-4)9-11-18/h5-14H,1-4H3. The van der Waals surface area contributed by atoms with Gasteiger partial charge in [0.15, 0.2) is 6.10 Å². The number of likely N-dealkylation sites (N-methyl/N-ethyl adjacent to an activating group) is 1. The smallest absolute Gasteiger partial charge is 0.269 e. The molecule has 1 amide bonds. The van der Waals surface area contributed by atoms with Gasteiger partial charge in [0.2, 0.25) is 0 Å². The van der Waals surface area contributed by atoms with Crippen LogP contribution in [0.3, 0.4) is 0 Å². The first kappa shape index (κ1) is 19.2. The first-order valence-corrected chi connectivity index (χ1v) is 8.15. The molecule has 0 aliphatic carbocycles. The van der Waals surface area contributed by atoms with Crippen LogP contribution in [0.1, 0.15) is 25.5 Å². The Morgan fingerprint density at radius 3 is 2.31 bits per heavy atom. The third-order valence-corrected chi connectivity index (χ3v) is 4.21. The lowest BCUT2D eigenvalue weighted by atomic mass is 10.1. The van der Waals surface area contributed by atoms with E-state index in [9.17, 15) is 14.9 Å². The number of ether oxygens (including phenoxy) is 2. The Bertz CT molecular complexity index is 776. The summed E-state index contributed by atoms with van der Waals surface area (Å²) in [5, 5.41) is 10.9. The summed E-state index contributed by atoms with van der Waals surface area (Å²) >= 11 is 0. The number of nitro benzene ring substituents is 1. The number of non-ortho nitro benzene ring substituents is 1. The van der Waals surface area contributed by atoms with Gasteiger partial charge in [0.25, 0.3) is 11.6 Å². The van der Waals surface area contributed by atoms with Gasteiger partial charge in [0, 0.05) is 19.2 Å². The zero-order valence-electron chi connectivity index (χ0n) is 15.2. The zero-order valence-corrected chi connectivity index (χ0v) is 15.2. The molecule has 2 unspecified atom stereocenters. The van der Waals surface area contributed by atoms with Crippen LogP contribution in [0.5, 0.6) is 11.5 Å². The van der Waals surface area contributed by atoms with Gasteiger partial charge in [-0.05, 0) is 43.7 Å². The first-order valence-electron chi connectivity index (χ1n) is 8.15. The number of methoxy groups -OCH3 is 1. The highest BCUT2D eigenvalue weighted by Crippen LogP contribution is 2.24. The van der Waals surface area contributed by atoms with Crippen molar-refractivity contribution in [2.24, 2.45) is 0 Å². The van der Waals surface area contributed by atoms with Crippen molar-refractivity contribution in [2.75, 3.05) is 14.2 Å². The Kier molecular flexibility index (Phi) is 6.16. The Hall–Kier alpha value is -3.09. The van der Waals surface area contributed by atoms with Gasteiger partial charge in [-0.2, -0.15) is 0 Å². The van der Waals surface area contributed by atoms with Crippen molar-refractivity contribution in [2.45, 2.75) is 26.0 Å². The molecule has 0 aliphatic heterocycles. The summed E-state index contributed by atoms with van der Waals surface area (Å²) < 4.78 is 10.8. The minimum absolute atomic E-state index is 0.00210. The summed E-state index contributed by atoms with van der Waals surface area (Å²) in [5.74, 6) is 1.04. The molecule has 0 bridgehead atoms. The van der Waals surface area contributed by atoms with Crippen LogP contribution in [0.4, 0.5) is 5.69 Å². The molecule has 0 heterocycles. The number of carbonyl (C=O) groups is 1. The van der Waals surface area contributed by atoms with E-state index in [0.717, 1.165) is 0 Å². The van der Waals surface area contributed by atoms with Crippen molar-refractivity contribution in [3.05, 3.63) is 64.2 Å². The molecule has 0 saturated heterocycles. The average molecular weight is 358 g/mol. The molecule has 2 aromatic carbocycles. The average Bonchev–Trinajstić information content (AvgIpc) is 2.66. The van der Waals surface area contributed by atoms with Gasteiger partial charge in [-0.15, -0.1) is 0 Å². The van der Waals surface area contributed by atoms with Gasteiger partial charge in [0.1, 0.15) is 11.5 Å². The fourth-order valence-electron chi connectivity index (χ4n) is 2.51. The summed E-state index contributed by atoms with van der Waals surface area (Å²) in [5.41, 5.74) is 0.685. The first-order chi connectivity index (χ1) is 12.3. The number of carbonyl (C=O) groups excluding carboxylic acids is 1.